The second-order valence-electron chi connectivity index (χ2n) is 3.94. The molecule has 3 rings (SSSR count). The Balaban J connectivity index is 1.68. The molecule has 0 spiro atoms. The van der Waals surface area contributed by atoms with Crippen LogP contribution in [-0.4, -0.2) is 28.0 Å². The molecular formula is C12H12N4. The summed E-state index contributed by atoms with van der Waals surface area (Å²) in [5.41, 5.74) is 2.38. The van der Waals surface area contributed by atoms with Gasteiger partial charge in [0.25, 0.3) is 0 Å². The van der Waals surface area contributed by atoms with Gasteiger partial charge in [-0.2, -0.15) is 0 Å². The first-order valence-corrected chi connectivity index (χ1v) is 5.34. The fourth-order valence-corrected chi connectivity index (χ4v) is 1.97. The molecule has 1 aliphatic heterocycles. The molecule has 0 saturated carbocycles. The molecule has 2 aromatic heterocycles. The van der Waals surface area contributed by atoms with Crippen molar-refractivity contribution in [1.29, 1.82) is 0 Å². The Bertz CT molecular complexity index is 407. The first-order valence-electron chi connectivity index (χ1n) is 5.34. The predicted octanol–water partition coefficient (Wildman–Crippen LogP) is 1.48. The lowest BCUT2D eigenvalue weighted by atomic mass is 9.95. The zero-order chi connectivity index (χ0) is 10.8. The molecule has 0 bridgehead atoms. The standard InChI is InChI=1S/C12H12N4/c1-4-13-5-2-11(1)16-7-10(8-16)12-3-6-14-9-15-12/h1-6,9-10H,7-8H2. The summed E-state index contributed by atoms with van der Waals surface area (Å²) in [6, 6.07) is 6.07. The van der Waals surface area contributed by atoms with E-state index in [1.807, 2.05) is 30.6 Å². The van der Waals surface area contributed by atoms with Gasteiger partial charge >= 0.3 is 0 Å². The fourth-order valence-electron chi connectivity index (χ4n) is 1.97. The van der Waals surface area contributed by atoms with E-state index in [0.717, 1.165) is 18.8 Å². The van der Waals surface area contributed by atoms with E-state index < -0.39 is 0 Å². The molecule has 16 heavy (non-hydrogen) atoms. The third-order valence-electron chi connectivity index (χ3n) is 2.93. The molecule has 2 aromatic rings. The van der Waals surface area contributed by atoms with Crippen LogP contribution in [0.1, 0.15) is 11.6 Å². The largest absolute Gasteiger partial charge is 0.370 e. The van der Waals surface area contributed by atoms with Crippen LogP contribution in [0, 0.1) is 0 Å². The topological polar surface area (TPSA) is 41.9 Å². The molecular weight excluding hydrogens is 200 g/mol. The van der Waals surface area contributed by atoms with Gasteiger partial charge in [0.1, 0.15) is 6.33 Å². The van der Waals surface area contributed by atoms with Crippen LogP contribution < -0.4 is 4.90 Å². The van der Waals surface area contributed by atoms with Crippen molar-refractivity contribution < 1.29 is 0 Å². The van der Waals surface area contributed by atoms with E-state index in [0.29, 0.717) is 5.92 Å². The highest BCUT2D eigenvalue weighted by atomic mass is 15.2. The van der Waals surface area contributed by atoms with E-state index in [2.05, 4.69) is 19.9 Å². The zero-order valence-electron chi connectivity index (χ0n) is 8.82. The van der Waals surface area contributed by atoms with Crippen LogP contribution in [0.4, 0.5) is 5.69 Å². The van der Waals surface area contributed by atoms with Crippen molar-refractivity contribution in [2.75, 3.05) is 18.0 Å². The van der Waals surface area contributed by atoms with E-state index >= 15 is 0 Å². The van der Waals surface area contributed by atoms with Gasteiger partial charge in [0.2, 0.25) is 0 Å². The summed E-state index contributed by atoms with van der Waals surface area (Å²) in [4.78, 5) is 14.6. The van der Waals surface area contributed by atoms with Crippen molar-refractivity contribution in [2.45, 2.75) is 5.92 Å². The van der Waals surface area contributed by atoms with Crippen LogP contribution in [0.25, 0.3) is 0 Å². The van der Waals surface area contributed by atoms with Crippen molar-refractivity contribution in [2.24, 2.45) is 0 Å². The molecule has 3 heterocycles. The number of aromatic nitrogens is 3. The van der Waals surface area contributed by atoms with Gasteiger partial charge in [-0.1, -0.05) is 0 Å². The van der Waals surface area contributed by atoms with Gasteiger partial charge in [-0.25, -0.2) is 9.97 Å². The van der Waals surface area contributed by atoms with Crippen LogP contribution in [0.15, 0.2) is 43.1 Å². The molecule has 1 fully saturated rings. The van der Waals surface area contributed by atoms with Gasteiger partial charge in [0.15, 0.2) is 0 Å². The third-order valence-corrected chi connectivity index (χ3v) is 2.93. The highest BCUT2D eigenvalue weighted by Gasteiger charge is 2.28. The Labute approximate surface area is 94.0 Å². The average molecular weight is 212 g/mol. The molecule has 4 heteroatoms. The lowest BCUT2D eigenvalue weighted by molar-refractivity contribution is 0.513. The SMILES string of the molecule is c1cc(N2CC(c3ccncn3)C2)ccn1. The molecule has 0 atom stereocenters. The van der Waals surface area contributed by atoms with Gasteiger partial charge in [-0.05, 0) is 18.2 Å². The summed E-state index contributed by atoms with van der Waals surface area (Å²) in [6.07, 6.45) is 7.07. The van der Waals surface area contributed by atoms with Gasteiger partial charge in [-0.15, -0.1) is 0 Å². The second kappa shape index (κ2) is 3.89. The Kier molecular flexibility index (Phi) is 2.25. The number of hydrogen-bond acceptors (Lipinski definition) is 4. The Morgan fingerprint density at radius 2 is 1.75 bits per heavy atom. The summed E-state index contributed by atoms with van der Waals surface area (Å²) < 4.78 is 0. The van der Waals surface area contributed by atoms with Crippen LogP contribution in [0.2, 0.25) is 0 Å². The Morgan fingerprint density at radius 3 is 2.44 bits per heavy atom. The highest BCUT2D eigenvalue weighted by molar-refractivity contribution is 5.48. The lowest BCUT2D eigenvalue weighted by Crippen LogP contribution is -2.45. The minimum absolute atomic E-state index is 0.538. The highest BCUT2D eigenvalue weighted by Crippen LogP contribution is 2.29. The van der Waals surface area contributed by atoms with Crippen LogP contribution in [0.5, 0.6) is 0 Å². The number of pyridine rings is 1. The molecule has 0 radical (unpaired) electrons. The Morgan fingerprint density at radius 1 is 1.00 bits per heavy atom. The normalized spacial score (nSPS) is 15.9. The molecule has 4 nitrogen and oxygen atoms in total. The third kappa shape index (κ3) is 1.62. The lowest BCUT2D eigenvalue weighted by Gasteiger charge is -2.40. The molecule has 80 valence electrons. The number of anilines is 1. The first-order chi connectivity index (χ1) is 7.93. The first kappa shape index (κ1) is 9.27. The molecule has 1 saturated heterocycles. The van der Waals surface area contributed by atoms with Gasteiger partial charge in [-0.3, -0.25) is 4.98 Å². The van der Waals surface area contributed by atoms with Crippen LogP contribution in [-0.2, 0) is 0 Å². The van der Waals surface area contributed by atoms with E-state index in [4.69, 9.17) is 0 Å². The summed E-state index contributed by atoms with van der Waals surface area (Å²) in [6.45, 7) is 2.06. The smallest absolute Gasteiger partial charge is 0.115 e. The minimum Gasteiger partial charge on any atom is -0.370 e. The van der Waals surface area contributed by atoms with E-state index in [1.54, 1.807) is 12.5 Å². The van der Waals surface area contributed by atoms with Gasteiger partial charge in [0.05, 0.1) is 5.69 Å². The Hall–Kier alpha value is -1.97. The number of rotatable bonds is 2. The average Bonchev–Trinajstić information content (AvgIpc) is 2.30. The maximum Gasteiger partial charge on any atom is 0.115 e. The fraction of sp³-hybridized carbons (Fsp3) is 0.250. The van der Waals surface area contributed by atoms with Crippen molar-refractivity contribution in [3.63, 3.8) is 0 Å². The molecule has 0 unspecified atom stereocenters. The summed E-state index contributed by atoms with van der Waals surface area (Å²) >= 11 is 0. The summed E-state index contributed by atoms with van der Waals surface area (Å²) in [7, 11) is 0. The zero-order valence-corrected chi connectivity index (χ0v) is 8.82. The monoisotopic (exact) mass is 212 g/mol. The molecule has 0 aliphatic carbocycles. The van der Waals surface area contributed by atoms with E-state index in [9.17, 15) is 0 Å². The number of nitrogens with zero attached hydrogens (tertiary/aromatic N) is 4. The summed E-state index contributed by atoms with van der Waals surface area (Å²) in [5, 5.41) is 0. The quantitative estimate of drug-likeness (QED) is 0.756. The van der Waals surface area contributed by atoms with Crippen molar-refractivity contribution in [1.82, 2.24) is 15.0 Å². The van der Waals surface area contributed by atoms with Crippen LogP contribution in [0.3, 0.4) is 0 Å². The maximum absolute atomic E-state index is 4.28. The predicted molar refractivity (Wildman–Crippen MR) is 61.2 cm³/mol. The second-order valence-corrected chi connectivity index (χ2v) is 3.94. The minimum atomic E-state index is 0.538. The maximum atomic E-state index is 4.28. The molecule has 1 aliphatic rings. The van der Waals surface area contributed by atoms with Crippen LogP contribution >= 0.6 is 0 Å². The molecule has 0 aromatic carbocycles. The van der Waals surface area contributed by atoms with Gasteiger partial charge < -0.3 is 4.90 Å². The van der Waals surface area contributed by atoms with Crippen molar-refractivity contribution >= 4 is 5.69 Å². The van der Waals surface area contributed by atoms with Crippen molar-refractivity contribution in [3.05, 3.63) is 48.8 Å². The molecule has 0 amide bonds. The molecule has 0 N–H and O–H groups in total. The van der Waals surface area contributed by atoms with E-state index in [1.165, 1.54) is 5.69 Å². The van der Waals surface area contributed by atoms with E-state index in [-0.39, 0.29) is 0 Å². The van der Waals surface area contributed by atoms with Crippen molar-refractivity contribution in [3.8, 4) is 0 Å². The summed E-state index contributed by atoms with van der Waals surface area (Å²) in [5.74, 6) is 0.538. The number of hydrogen-bond donors (Lipinski definition) is 0. The van der Waals surface area contributed by atoms with Gasteiger partial charge in [0, 0.05) is 43.3 Å².